The van der Waals surface area contributed by atoms with E-state index in [1.54, 1.807) is 4.90 Å². The molecule has 1 N–H and O–H groups in total. The van der Waals surface area contributed by atoms with E-state index < -0.39 is 11.8 Å². The number of piperazine rings is 1. The predicted octanol–water partition coefficient (Wildman–Crippen LogP) is 0.854. The SMILES string of the molecule is O=C1NC[C@H]2CCCc3ccccc3N2C1=O. The molecule has 1 fully saturated rings. The van der Waals surface area contributed by atoms with Crippen LogP contribution < -0.4 is 10.2 Å². The number of nitrogens with zero attached hydrogens (tertiary/aromatic N) is 1. The van der Waals surface area contributed by atoms with Crippen LogP contribution in [0.15, 0.2) is 24.3 Å². The van der Waals surface area contributed by atoms with E-state index >= 15 is 0 Å². The minimum Gasteiger partial charge on any atom is -0.346 e. The molecule has 1 saturated heterocycles. The van der Waals surface area contributed by atoms with E-state index in [-0.39, 0.29) is 6.04 Å². The van der Waals surface area contributed by atoms with Gasteiger partial charge in [0.15, 0.2) is 0 Å². The number of carbonyl (C=O) groups is 2. The second-order valence-corrected chi connectivity index (χ2v) is 4.56. The van der Waals surface area contributed by atoms with Gasteiger partial charge in [0, 0.05) is 12.2 Å². The third kappa shape index (κ3) is 1.60. The molecule has 2 aliphatic rings. The Kier molecular flexibility index (Phi) is 2.35. The zero-order chi connectivity index (χ0) is 11.8. The fourth-order valence-corrected chi connectivity index (χ4v) is 2.68. The maximum Gasteiger partial charge on any atom is 0.316 e. The Morgan fingerprint density at radius 1 is 1.24 bits per heavy atom. The second-order valence-electron chi connectivity index (χ2n) is 4.56. The minimum absolute atomic E-state index is 0.115. The summed E-state index contributed by atoms with van der Waals surface area (Å²) in [6.45, 7) is 0.568. The molecule has 0 saturated carbocycles. The van der Waals surface area contributed by atoms with E-state index in [9.17, 15) is 9.59 Å². The number of hydrogen-bond acceptors (Lipinski definition) is 2. The molecule has 3 rings (SSSR count). The van der Waals surface area contributed by atoms with E-state index in [1.807, 2.05) is 24.3 Å². The molecular formula is C13H14N2O2. The van der Waals surface area contributed by atoms with Crippen molar-refractivity contribution in [3.63, 3.8) is 0 Å². The highest BCUT2D eigenvalue weighted by atomic mass is 16.2. The van der Waals surface area contributed by atoms with Gasteiger partial charge in [-0.05, 0) is 30.9 Å². The Balaban J connectivity index is 2.09. The van der Waals surface area contributed by atoms with Gasteiger partial charge in [-0.2, -0.15) is 0 Å². The summed E-state index contributed by atoms with van der Waals surface area (Å²) >= 11 is 0. The Labute approximate surface area is 99.6 Å². The fraction of sp³-hybridized carbons (Fsp3) is 0.385. The largest absolute Gasteiger partial charge is 0.346 e. The summed E-state index contributed by atoms with van der Waals surface area (Å²) in [5.41, 5.74) is 2.08. The molecule has 4 nitrogen and oxygen atoms in total. The average Bonchev–Trinajstić information content (AvgIpc) is 2.53. The first-order chi connectivity index (χ1) is 8.27. The van der Waals surface area contributed by atoms with Gasteiger partial charge >= 0.3 is 11.8 Å². The lowest BCUT2D eigenvalue weighted by Crippen LogP contribution is -2.58. The topological polar surface area (TPSA) is 49.4 Å². The van der Waals surface area contributed by atoms with Gasteiger partial charge in [-0.25, -0.2) is 0 Å². The first-order valence-corrected chi connectivity index (χ1v) is 5.96. The Bertz CT molecular complexity index is 484. The van der Waals surface area contributed by atoms with Gasteiger partial charge in [0.05, 0.1) is 6.04 Å². The van der Waals surface area contributed by atoms with Crippen LogP contribution in [-0.4, -0.2) is 24.4 Å². The van der Waals surface area contributed by atoms with Crippen molar-refractivity contribution in [3.05, 3.63) is 29.8 Å². The Hall–Kier alpha value is -1.84. The summed E-state index contributed by atoms with van der Waals surface area (Å²) in [5, 5.41) is 2.66. The predicted molar refractivity (Wildman–Crippen MR) is 63.7 cm³/mol. The molecule has 0 aliphatic carbocycles. The summed E-state index contributed by atoms with van der Waals surface area (Å²) in [4.78, 5) is 25.1. The van der Waals surface area contributed by atoms with Crippen molar-refractivity contribution < 1.29 is 9.59 Å². The monoisotopic (exact) mass is 230 g/mol. The number of aryl methyl sites for hydroxylation is 1. The van der Waals surface area contributed by atoms with Gasteiger partial charge in [-0.15, -0.1) is 0 Å². The number of benzene rings is 1. The highest BCUT2D eigenvalue weighted by molar-refractivity contribution is 6.41. The number of para-hydroxylation sites is 1. The number of amides is 2. The summed E-state index contributed by atoms with van der Waals surface area (Å²) in [6, 6.07) is 7.99. The molecule has 0 unspecified atom stereocenters. The van der Waals surface area contributed by atoms with Crippen LogP contribution in [0.5, 0.6) is 0 Å². The number of rotatable bonds is 0. The van der Waals surface area contributed by atoms with Gasteiger partial charge < -0.3 is 5.32 Å². The van der Waals surface area contributed by atoms with Gasteiger partial charge in [-0.1, -0.05) is 18.2 Å². The second kappa shape index (κ2) is 3.87. The van der Waals surface area contributed by atoms with Crippen LogP contribution in [0, 0.1) is 0 Å². The normalized spacial score (nSPS) is 23.5. The van der Waals surface area contributed by atoms with Crippen molar-refractivity contribution in [3.8, 4) is 0 Å². The van der Waals surface area contributed by atoms with Crippen LogP contribution in [0.1, 0.15) is 18.4 Å². The number of anilines is 1. The number of nitrogens with one attached hydrogen (secondary N) is 1. The lowest BCUT2D eigenvalue weighted by molar-refractivity contribution is -0.139. The smallest absolute Gasteiger partial charge is 0.316 e. The van der Waals surface area contributed by atoms with Crippen molar-refractivity contribution in [2.45, 2.75) is 25.3 Å². The first-order valence-electron chi connectivity index (χ1n) is 5.96. The third-order valence-corrected chi connectivity index (χ3v) is 3.51. The lowest BCUT2D eigenvalue weighted by atomic mass is 10.1. The molecule has 88 valence electrons. The first kappa shape index (κ1) is 10.3. The van der Waals surface area contributed by atoms with Gasteiger partial charge in [-0.3, -0.25) is 14.5 Å². The molecule has 1 aromatic rings. The number of carbonyl (C=O) groups excluding carboxylic acids is 2. The quantitative estimate of drug-likeness (QED) is 0.672. The summed E-state index contributed by atoms with van der Waals surface area (Å²) in [6.07, 6.45) is 2.98. The van der Waals surface area contributed by atoms with Gasteiger partial charge in [0.2, 0.25) is 0 Å². The summed E-state index contributed by atoms with van der Waals surface area (Å²) in [5.74, 6) is -0.909. The molecule has 0 bridgehead atoms. The van der Waals surface area contributed by atoms with E-state index in [0.29, 0.717) is 6.54 Å². The number of fused-ring (bicyclic) bond motifs is 3. The van der Waals surface area contributed by atoms with E-state index in [0.717, 1.165) is 30.5 Å². The molecule has 1 atom stereocenters. The van der Waals surface area contributed by atoms with Crippen molar-refractivity contribution in [1.82, 2.24) is 5.32 Å². The van der Waals surface area contributed by atoms with Crippen molar-refractivity contribution in [2.75, 3.05) is 11.4 Å². The van der Waals surface area contributed by atoms with Crippen LogP contribution >= 0.6 is 0 Å². The standard InChI is InChI=1S/C13H14N2O2/c16-12-13(17)15-10(8-14-12)6-3-5-9-4-1-2-7-11(9)15/h1-2,4,7,10H,3,5-6,8H2,(H,14,16)/t10-/m1/s1. The van der Waals surface area contributed by atoms with E-state index in [4.69, 9.17) is 0 Å². The van der Waals surface area contributed by atoms with Crippen LogP contribution in [0.2, 0.25) is 0 Å². The van der Waals surface area contributed by atoms with Crippen LogP contribution in [-0.2, 0) is 16.0 Å². The number of hydrogen-bond donors (Lipinski definition) is 1. The molecule has 0 aromatic heterocycles. The van der Waals surface area contributed by atoms with Gasteiger partial charge in [0.25, 0.3) is 0 Å². The van der Waals surface area contributed by atoms with E-state index in [1.165, 1.54) is 0 Å². The maximum absolute atomic E-state index is 12.0. The average molecular weight is 230 g/mol. The Morgan fingerprint density at radius 2 is 2.06 bits per heavy atom. The zero-order valence-electron chi connectivity index (χ0n) is 9.48. The van der Waals surface area contributed by atoms with Crippen molar-refractivity contribution in [2.24, 2.45) is 0 Å². The molecule has 2 amide bonds. The van der Waals surface area contributed by atoms with Crippen LogP contribution in [0.4, 0.5) is 5.69 Å². The van der Waals surface area contributed by atoms with Crippen molar-refractivity contribution >= 4 is 17.5 Å². The van der Waals surface area contributed by atoms with Crippen LogP contribution in [0.3, 0.4) is 0 Å². The minimum atomic E-state index is -0.488. The third-order valence-electron chi connectivity index (χ3n) is 3.51. The molecule has 2 aliphatic heterocycles. The molecule has 1 aromatic carbocycles. The fourth-order valence-electron chi connectivity index (χ4n) is 2.68. The molecule has 17 heavy (non-hydrogen) atoms. The lowest BCUT2D eigenvalue weighted by Gasteiger charge is -2.34. The summed E-state index contributed by atoms with van der Waals surface area (Å²) < 4.78 is 0. The Morgan fingerprint density at radius 3 is 2.94 bits per heavy atom. The molecule has 0 spiro atoms. The zero-order valence-corrected chi connectivity index (χ0v) is 9.48. The highest BCUT2D eigenvalue weighted by Gasteiger charge is 2.36. The molecule has 0 radical (unpaired) electrons. The highest BCUT2D eigenvalue weighted by Crippen LogP contribution is 2.30. The van der Waals surface area contributed by atoms with E-state index in [2.05, 4.69) is 5.32 Å². The maximum atomic E-state index is 12.0. The summed E-state index contributed by atoms with van der Waals surface area (Å²) in [7, 11) is 0. The molecule has 4 heteroatoms. The van der Waals surface area contributed by atoms with Crippen LogP contribution in [0.25, 0.3) is 0 Å². The molecular weight excluding hydrogens is 216 g/mol. The van der Waals surface area contributed by atoms with Gasteiger partial charge in [0.1, 0.15) is 0 Å². The van der Waals surface area contributed by atoms with Crippen molar-refractivity contribution in [1.29, 1.82) is 0 Å². The molecule has 2 heterocycles.